The van der Waals surface area contributed by atoms with Crippen LogP contribution in [0.2, 0.25) is 0 Å². The molecule has 7 nitrogen and oxygen atoms in total. The highest BCUT2D eigenvalue weighted by Gasteiger charge is 2.21. The summed E-state index contributed by atoms with van der Waals surface area (Å²) in [5, 5.41) is 2.97. The first-order valence-electron chi connectivity index (χ1n) is 10.2. The van der Waals surface area contributed by atoms with Gasteiger partial charge in [-0.1, -0.05) is 6.92 Å². The molecule has 1 aliphatic rings. The Balaban J connectivity index is 1.96. The first-order chi connectivity index (χ1) is 13.0. The molecule has 2 rings (SSSR count). The van der Waals surface area contributed by atoms with Gasteiger partial charge in [0.25, 0.3) is 5.91 Å². The molecule has 0 aliphatic carbocycles. The van der Waals surface area contributed by atoms with Gasteiger partial charge in [0.15, 0.2) is 0 Å². The fourth-order valence-corrected chi connectivity index (χ4v) is 3.26. The second-order valence-electron chi connectivity index (χ2n) is 7.52. The standard InChI is InChI=1S/C20H33N5O2/c1-4-16(2)23-19(26)8-11-25(13-12-24-9-6-5-7-10-24)20(27)18-15-21-17(3)14-22-18/h14-16H,4-13H2,1-3H3,(H,23,26)/p+1/t16-/m0/s1. The van der Waals surface area contributed by atoms with Crippen LogP contribution in [0.3, 0.4) is 0 Å². The molecule has 1 aromatic heterocycles. The molecule has 0 aromatic carbocycles. The lowest BCUT2D eigenvalue weighted by Gasteiger charge is -2.28. The van der Waals surface area contributed by atoms with Crippen molar-refractivity contribution in [1.82, 2.24) is 20.2 Å². The average molecular weight is 377 g/mol. The third kappa shape index (κ3) is 7.25. The number of quaternary nitrogens is 1. The molecule has 0 unspecified atom stereocenters. The van der Waals surface area contributed by atoms with Crippen molar-refractivity contribution in [2.45, 2.75) is 58.9 Å². The number of carbonyl (C=O) groups excluding carboxylic acids is 2. The Kier molecular flexibility index (Phi) is 8.64. The van der Waals surface area contributed by atoms with Crippen molar-refractivity contribution in [3.8, 4) is 0 Å². The number of rotatable bonds is 9. The fourth-order valence-electron chi connectivity index (χ4n) is 3.26. The molecule has 2 heterocycles. The normalized spacial score (nSPS) is 16.0. The zero-order valence-electron chi connectivity index (χ0n) is 17.0. The third-order valence-electron chi connectivity index (χ3n) is 5.21. The molecule has 1 atom stereocenters. The molecule has 1 aliphatic heterocycles. The molecule has 1 saturated heterocycles. The molecule has 0 radical (unpaired) electrons. The molecule has 1 aromatic rings. The number of hydrogen-bond acceptors (Lipinski definition) is 4. The van der Waals surface area contributed by atoms with Crippen LogP contribution in [0.25, 0.3) is 0 Å². The highest BCUT2D eigenvalue weighted by molar-refractivity contribution is 5.92. The van der Waals surface area contributed by atoms with Crippen LogP contribution in [-0.4, -0.2) is 65.4 Å². The maximum absolute atomic E-state index is 12.9. The van der Waals surface area contributed by atoms with Gasteiger partial charge in [0, 0.05) is 25.2 Å². The van der Waals surface area contributed by atoms with Crippen LogP contribution in [0.5, 0.6) is 0 Å². The van der Waals surface area contributed by atoms with Crippen molar-refractivity contribution in [3.63, 3.8) is 0 Å². The summed E-state index contributed by atoms with van der Waals surface area (Å²) in [7, 11) is 0. The van der Waals surface area contributed by atoms with Crippen molar-refractivity contribution >= 4 is 11.8 Å². The topological polar surface area (TPSA) is 79.6 Å². The van der Waals surface area contributed by atoms with E-state index in [0.717, 1.165) is 18.7 Å². The minimum atomic E-state index is -0.143. The summed E-state index contributed by atoms with van der Waals surface area (Å²) in [5.74, 6) is -0.155. The quantitative estimate of drug-likeness (QED) is 0.662. The molecule has 1 fully saturated rings. The average Bonchev–Trinajstić information content (AvgIpc) is 2.68. The van der Waals surface area contributed by atoms with Crippen molar-refractivity contribution in [2.24, 2.45) is 0 Å². The van der Waals surface area contributed by atoms with E-state index in [2.05, 4.69) is 15.3 Å². The minimum absolute atomic E-state index is 0.0116. The summed E-state index contributed by atoms with van der Waals surface area (Å²) in [6.07, 6.45) is 8.15. The van der Waals surface area contributed by atoms with Crippen molar-refractivity contribution in [2.75, 3.05) is 32.7 Å². The van der Waals surface area contributed by atoms with Gasteiger partial charge in [-0.2, -0.15) is 0 Å². The van der Waals surface area contributed by atoms with E-state index in [-0.39, 0.29) is 17.9 Å². The Hall–Kier alpha value is -2.02. The van der Waals surface area contributed by atoms with E-state index < -0.39 is 0 Å². The second-order valence-corrected chi connectivity index (χ2v) is 7.52. The molecular weight excluding hydrogens is 342 g/mol. The SMILES string of the molecule is CC[C@H](C)NC(=O)CCN(CC[NH+]1CCCCC1)C(=O)c1cnc(C)cn1. The predicted octanol–water partition coefficient (Wildman–Crippen LogP) is 0.601. The second kappa shape index (κ2) is 11.0. The molecule has 2 amide bonds. The van der Waals surface area contributed by atoms with Gasteiger partial charge in [-0.05, 0) is 39.5 Å². The van der Waals surface area contributed by atoms with Gasteiger partial charge < -0.3 is 15.1 Å². The number of piperidine rings is 1. The lowest BCUT2D eigenvalue weighted by Crippen LogP contribution is -3.13. The molecule has 0 spiro atoms. The molecule has 0 saturated carbocycles. The fraction of sp³-hybridized carbons (Fsp3) is 0.700. The summed E-state index contributed by atoms with van der Waals surface area (Å²) in [5.41, 5.74) is 1.13. The van der Waals surface area contributed by atoms with Crippen LogP contribution in [0.4, 0.5) is 0 Å². The molecule has 150 valence electrons. The van der Waals surface area contributed by atoms with Gasteiger partial charge in [0.1, 0.15) is 5.69 Å². The number of carbonyl (C=O) groups is 2. The number of amides is 2. The van der Waals surface area contributed by atoms with E-state index in [1.54, 1.807) is 11.1 Å². The number of nitrogens with one attached hydrogen (secondary N) is 2. The Bertz CT molecular complexity index is 599. The van der Waals surface area contributed by atoms with Crippen molar-refractivity contribution < 1.29 is 14.5 Å². The van der Waals surface area contributed by atoms with Crippen LogP contribution in [-0.2, 0) is 4.79 Å². The van der Waals surface area contributed by atoms with E-state index >= 15 is 0 Å². The minimum Gasteiger partial charge on any atom is -0.354 e. The summed E-state index contributed by atoms with van der Waals surface area (Å²) >= 11 is 0. The Morgan fingerprint density at radius 2 is 1.93 bits per heavy atom. The van der Waals surface area contributed by atoms with E-state index in [1.165, 1.54) is 43.4 Å². The zero-order chi connectivity index (χ0) is 19.6. The van der Waals surface area contributed by atoms with Crippen LogP contribution in [0.1, 0.15) is 62.1 Å². The van der Waals surface area contributed by atoms with Gasteiger partial charge in [-0.3, -0.25) is 14.6 Å². The highest BCUT2D eigenvalue weighted by Crippen LogP contribution is 2.03. The van der Waals surface area contributed by atoms with Gasteiger partial charge in [0.2, 0.25) is 5.91 Å². The zero-order valence-corrected chi connectivity index (χ0v) is 17.0. The van der Waals surface area contributed by atoms with Gasteiger partial charge in [-0.25, -0.2) is 4.98 Å². The van der Waals surface area contributed by atoms with Crippen molar-refractivity contribution in [3.05, 3.63) is 23.8 Å². The lowest BCUT2D eigenvalue weighted by molar-refractivity contribution is -0.904. The molecule has 0 bridgehead atoms. The van der Waals surface area contributed by atoms with Crippen LogP contribution < -0.4 is 10.2 Å². The summed E-state index contributed by atoms with van der Waals surface area (Å²) in [6.45, 7) is 10.2. The Labute approximate surface area is 162 Å². The number of aryl methyl sites for hydroxylation is 1. The highest BCUT2D eigenvalue weighted by atomic mass is 16.2. The van der Waals surface area contributed by atoms with Gasteiger partial charge >= 0.3 is 0 Å². The monoisotopic (exact) mass is 376 g/mol. The molecule has 2 N–H and O–H groups in total. The number of aromatic nitrogens is 2. The van der Waals surface area contributed by atoms with Crippen LogP contribution in [0.15, 0.2) is 12.4 Å². The Morgan fingerprint density at radius 1 is 1.19 bits per heavy atom. The van der Waals surface area contributed by atoms with E-state index in [1.807, 2.05) is 20.8 Å². The molecular formula is C20H34N5O2+. The summed E-state index contributed by atoms with van der Waals surface area (Å²) in [6, 6.07) is 0.155. The lowest BCUT2D eigenvalue weighted by atomic mass is 10.1. The Morgan fingerprint density at radius 3 is 2.56 bits per heavy atom. The smallest absolute Gasteiger partial charge is 0.274 e. The van der Waals surface area contributed by atoms with Gasteiger partial charge in [0.05, 0.1) is 38.1 Å². The molecule has 7 heteroatoms. The van der Waals surface area contributed by atoms with Crippen molar-refractivity contribution in [1.29, 1.82) is 0 Å². The third-order valence-corrected chi connectivity index (χ3v) is 5.21. The predicted molar refractivity (Wildman–Crippen MR) is 105 cm³/mol. The van der Waals surface area contributed by atoms with E-state index in [9.17, 15) is 9.59 Å². The number of nitrogens with zero attached hydrogens (tertiary/aromatic N) is 3. The first kappa shape index (κ1) is 21.3. The largest absolute Gasteiger partial charge is 0.354 e. The van der Waals surface area contributed by atoms with E-state index in [4.69, 9.17) is 0 Å². The summed E-state index contributed by atoms with van der Waals surface area (Å²) < 4.78 is 0. The van der Waals surface area contributed by atoms with Gasteiger partial charge in [-0.15, -0.1) is 0 Å². The van der Waals surface area contributed by atoms with Crippen LogP contribution in [0, 0.1) is 6.92 Å². The molecule has 27 heavy (non-hydrogen) atoms. The number of likely N-dealkylation sites (tertiary alicyclic amines) is 1. The first-order valence-corrected chi connectivity index (χ1v) is 10.2. The van der Waals surface area contributed by atoms with Crippen LogP contribution >= 0.6 is 0 Å². The number of hydrogen-bond donors (Lipinski definition) is 2. The summed E-state index contributed by atoms with van der Waals surface area (Å²) in [4.78, 5) is 36.8. The maximum atomic E-state index is 12.9. The van der Waals surface area contributed by atoms with E-state index in [0.29, 0.717) is 25.2 Å². The maximum Gasteiger partial charge on any atom is 0.274 e.